The van der Waals surface area contributed by atoms with Crippen molar-refractivity contribution in [3.63, 3.8) is 0 Å². The van der Waals surface area contributed by atoms with Crippen molar-refractivity contribution in [1.29, 1.82) is 0 Å². The summed E-state index contributed by atoms with van der Waals surface area (Å²) in [5.74, 6) is -3.03. The van der Waals surface area contributed by atoms with Gasteiger partial charge in [-0.05, 0) is 24.3 Å². The van der Waals surface area contributed by atoms with E-state index in [1.807, 2.05) is 60.7 Å². The Balaban J connectivity index is 0.000000346. The van der Waals surface area contributed by atoms with Crippen LogP contribution >= 0.6 is 0 Å². The second-order valence-electron chi connectivity index (χ2n) is 4.08. The van der Waals surface area contributed by atoms with E-state index in [2.05, 4.69) is 5.73 Å². The number of hydrogen-bond donors (Lipinski definition) is 3. The molecule has 0 aliphatic carbocycles. The number of nitrogens with two attached hydrogens (primary N) is 3. The van der Waals surface area contributed by atoms with Gasteiger partial charge >= 0.3 is 5.96 Å². The number of carboxylic acid groups (broad SMARTS) is 1. The molecule has 0 saturated carbocycles. The Morgan fingerprint density at radius 1 is 0.773 bits per heavy atom. The molecule has 0 atom stereocenters. The van der Waals surface area contributed by atoms with Gasteiger partial charge in [-0.3, -0.25) is 16.3 Å². The third kappa shape index (κ3) is 4.97. The van der Waals surface area contributed by atoms with Crippen LogP contribution in [0, 0.1) is 0 Å². The summed E-state index contributed by atoms with van der Waals surface area (Å²) >= 11 is 0. The Labute approximate surface area is 127 Å². The molecule has 1 amide bonds. The van der Waals surface area contributed by atoms with Gasteiger partial charge in [0.15, 0.2) is 0 Å². The summed E-state index contributed by atoms with van der Waals surface area (Å²) in [5, 5.41) is 9.11. The monoisotopic (exact) mass is 300 g/mol. The first-order valence-electron chi connectivity index (χ1n) is 6.22. The highest BCUT2D eigenvalue weighted by atomic mass is 16.4. The van der Waals surface area contributed by atoms with E-state index < -0.39 is 11.9 Å². The summed E-state index contributed by atoms with van der Waals surface area (Å²) in [6.45, 7) is 0. The standard InChI is InChI=1S/C13H13N3.C2H3NO3/c14-13(15)16(11-7-3-1-4-8-11)12-9-5-2-6-10-12;3-1(4)2(5)6/h1-10H,(H3,14,15);(H2,3,4)(H,5,6). The maximum absolute atomic E-state index is 9.26. The lowest BCUT2D eigenvalue weighted by Gasteiger charge is -2.08. The van der Waals surface area contributed by atoms with E-state index in [-0.39, 0.29) is 5.96 Å². The number of nitrogens with zero attached hydrogens (tertiary/aromatic N) is 1. The van der Waals surface area contributed by atoms with E-state index in [0.717, 1.165) is 11.4 Å². The second-order valence-corrected chi connectivity index (χ2v) is 4.08. The third-order valence-corrected chi connectivity index (χ3v) is 2.49. The average Bonchev–Trinajstić information content (AvgIpc) is 2.50. The normalized spacial score (nSPS) is 9.09. The first-order valence-corrected chi connectivity index (χ1v) is 6.22. The molecule has 0 radical (unpaired) electrons. The van der Waals surface area contributed by atoms with Gasteiger partial charge < -0.3 is 15.6 Å². The zero-order chi connectivity index (χ0) is 16.5. The van der Waals surface area contributed by atoms with Gasteiger partial charge in [0.05, 0.1) is 0 Å². The Morgan fingerprint density at radius 3 is 1.32 bits per heavy atom. The molecule has 2 aromatic carbocycles. The number of benzene rings is 2. The number of amides is 1. The molecule has 6 N–H and O–H groups in total. The SMILES string of the molecule is NC(=O)C(=O)[O-].NC(N)=[N+](c1ccccc1)c1ccccc1. The van der Waals surface area contributed by atoms with Crippen LogP contribution < -0.4 is 26.9 Å². The molecule has 0 unspecified atom stereocenters. The quantitative estimate of drug-likeness (QED) is 0.283. The predicted octanol–water partition coefficient (Wildman–Crippen LogP) is -0.984. The fourth-order valence-corrected chi connectivity index (χ4v) is 1.60. The smallest absolute Gasteiger partial charge is 0.351 e. The van der Waals surface area contributed by atoms with Crippen LogP contribution in [-0.4, -0.2) is 17.8 Å². The van der Waals surface area contributed by atoms with Crippen LogP contribution in [0.3, 0.4) is 0 Å². The molecule has 0 aromatic heterocycles. The van der Waals surface area contributed by atoms with Crippen molar-refractivity contribution in [2.45, 2.75) is 0 Å². The Hall–Kier alpha value is -3.35. The Morgan fingerprint density at radius 2 is 1.09 bits per heavy atom. The van der Waals surface area contributed by atoms with E-state index in [1.54, 1.807) is 4.58 Å². The van der Waals surface area contributed by atoms with Crippen molar-refractivity contribution in [2.75, 3.05) is 0 Å². The minimum Gasteiger partial charge on any atom is -0.540 e. The maximum atomic E-state index is 9.26. The minimum atomic E-state index is -1.85. The summed E-state index contributed by atoms with van der Waals surface area (Å²) in [6, 6.07) is 19.6. The molecule has 7 heteroatoms. The molecule has 0 bridgehead atoms. The van der Waals surface area contributed by atoms with E-state index in [1.165, 1.54) is 0 Å². The van der Waals surface area contributed by atoms with Gasteiger partial charge in [-0.15, -0.1) is 0 Å². The number of rotatable bonds is 2. The van der Waals surface area contributed by atoms with Crippen LogP contribution in [-0.2, 0) is 9.59 Å². The molecule has 0 saturated heterocycles. The van der Waals surface area contributed by atoms with Crippen LogP contribution in [0.2, 0.25) is 0 Å². The Kier molecular flexibility index (Phi) is 6.11. The van der Waals surface area contributed by atoms with Crippen molar-refractivity contribution in [3.05, 3.63) is 60.7 Å². The van der Waals surface area contributed by atoms with Crippen LogP contribution in [0.25, 0.3) is 0 Å². The zero-order valence-electron chi connectivity index (χ0n) is 11.7. The number of carbonyl (C=O) groups excluding carboxylic acids is 2. The summed E-state index contributed by atoms with van der Waals surface area (Å²) in [5.41, 5.74) is 17.5. The van der Waals surface area contributed by atoms with Gasteiger partial charge in [-0.1, -0.05) is 36.4 Å². The highest BCUT2D eigenvalue weighted by Gasteiger charge is 2.09. The molecule has 0 aliphatic rings. The van der Waals surface area contributed by atoms with E-state index in [4.69, 9.17) is 21.4 Å². The van der Waals surface area contributed by atoms with Crippen molar-refractivity contribution in [3.8, 4) is 0 Å². The molecule has 0 spiro atoms. The first kappa shape index (κ1) is 16.7. The molecule has 22 heavy (non-hydrogen) atoms. The number of guanidine groups is 1. The van der Waals surface area contributed by atoms with E-state index in [0.29, 0.717) is 0 Å². The van der Waals surface area contributed by atoms with Gasteiger partial charge in [0.1, 0.15) is 17.3 Å². The largest absolute Gasteiger partial charge is 0.540 e. The number of hydrogen-bond acceptors (Lipinski definition) is 3. The molecule has 0 aliphatic heterocycles. The lowest BCUT2D eigenvalue weighted by molar-refractivity contribution is -0.299. The maximum Gasteiger partial charge on any atom is 0.351 e. The van der Waals surface area contributed by atoms with Crippen molar-refractivity contribution in [2.24, 2.45) is 17.2 Å². The highest BCUT2D eigenvalue weighted by Crippen LogP contribution is 2.18. The van der Waals surface area contributed by atoms with Crippen molar-refractivity contribution >= 4 is 29.2 Å². The van der Waals surface area contributed by atoms with Crippen molar-refractivity contribution < 1.29 is 14.7 Å². The first-order chi connectivity index (χ1) is 10.4. The summed E-state index contributed by atoms with van der Waals surface area (Å²) in [6.07, 6.45) is 0. The van der Waals surface area contributed by atoms with Gasteiger partial charge in [0, 0.05) is 0 Å². The number of primary amides is 1. The summed E-state index contributed by atoms with van der Waals surface area (Å²) in [7, 11) is 0. The third-order valence-electron chi connectivity index (χ3n) is 2.49. The topological polar surface area (TPSA) is 138 Å². The average molecular weight is 300 g/mol. The van der Waals surface area contributed by atoms with Gasteiger partial charge in [-0.25, -0.2) is 0 Å². The van der Waals surface area contributed by atoms with Crippen LogP contribution in [0.15, 0.2) is 60.7 Å². The van der Waals surface area contributed by atoms with Gasteiger partial charge in [-0.2, -0.15) is 4.58 Å². The van der Waals surface area contributed by atoms with E-state index >= 15 is 0 Å². The number of para-hydroxylation sites is 2. The fraction of sp³-hybridized carbons (Fsp3) is 0. The molecule has 0 heterocycles. The molecule has 2 rings (SSSR count). The second kappa shape index (κ2) is 8.05. The molecular formula is C15H16N4O3. The lowest BCUT2D eigenvalue weighted by atomic mass is 10.2. The molecule has 2 aromatic rings. The number of carboxylic acids is 1. The summed E-state index contributed by atoms with van der Waals surface area (Å²) in [4.78, 5) is 18.4. The van der Waals surface area contributed by atoms with Crippen LogP contribution in [0.1, 0.15) is 0 Å². The molecule has 7 nitrogen and oxygen atoms in total. The van der Waals surface area contributed by atoms with E-state index in [9.17, 15) is 4.79 Å². The number of carbonyl (C=O) groups is 2. The number of aliphatic carboxylic acids is 1. The summed E-state index contributed by atoms with van der Waals surface area (Å²) < 4.78 is 1.81. The molecule has 114 valence electrons. The van der Waals surface area contributed by atoms with Crippen molar-refractivity contribution in [1.82, 2.24) is 4.58 Å². The predicted molar refractivity (Wildman–Crippen MR) is 81.9 cm³/mol. The van der Waals surface area contributed by atoms with Crippen LogP contribution in [0.4, 0.5) is 11.4 Å². The molecule has 0 fully saturated rings. The van der Waals surface area contributed by atoms with Gasteiger partial charge in [0.2, 0.25) is 0 Å². The van der Waals surface area contributed by atoms with Crippen LogP contribution in [0.5, 0.6) is 0 Å². The lowest BCUT2D eigenvalue weighted by Crippen LogP contribution is -2.36. The molecular weight excluding hydrogens is 284 g/mol. The van der Waals surface area contributed by atoms with Gasteiger partial charge in [0.25, 0.3) is 5.91 Å². The zero-order valence-corrected chi connectivity index (χ0v) is 11.7. The minimum absolute atomic E-state index is 0.261. The Bertz CT molecular complexity index is 612. The highest BCUT2D eigenvalue weighted by molar-refractivity contribution is 6.29. The fourth-order valence-electron chi connectivity index (χ4n) is 1.60.